The fraction of sp³-hybridized carbons (Fsp3) is 0.333. The van der Waals surface area contributed by atoms with Crippen LogP contribution in [0.3, 0.4) is 0 Å². The number of aryl methyl sites for hydroxylation is 3. The summed E-state index contributed by atoms with van der Waals surface area (Å²) in [5.41, 5.74) is 0. The van der Waals surface area contributed by atoms with Crippen molar-refractivity contribution in [3.05, 3.63) is 37.4 Å². The van der Waals surface area contributed by atoms with E-state index in [1.165, 1.54) is 0 Å². The van der Waals surface area contributed by atoms with E-state index in [1.807, 2.05) is 34.9 Å². The molecule has 0 unspecified atom stereocenters. The van der Waals surface area contributed by atoms with Gasteiger partial charge in [0.1, 0.15) is 6.33 Å². The van der Waals surface area contributed by atoms with Gasteiger partial charge in [-0.15, -0.1) is 0 Å². The lowest BCUT2D eigenvalue weighted by atomic mass is 10.5. The highest BCUT2D eigenvalue weighted by Crippen LogP contribution is 2.14. The number of imidazole rings is 2. The summed E-state index contributed by atoms with van der Waals surface area (Å²) in [6.07, 6.45) is 10.9. The van der Waals surface area contributed by atoms with E-state index in [1.54, 1.807) is 18.7 Å². The lowest BCUT2D eigenvalue weighted by Gasteiger charge is -2.08. The Morgan fingerprint density at radius 1 is 1.05 bits per heavy atom. The first kappa shape index (κ1) is 11.6. The average molecular weight is 257 g/mol. The van der Waals surface area contributed by atoms with Crippen LogP contribution in [-0.4, -0.2) is 33.9 Å². The molecule has 3 aromatic rings. The molecule has 7 nitrogen and oxygen atoms in total. The van der Waals surface area contributed by atoms with Crippen molar-refractivity contribution in [2.24, 2.45) is 0 Å². The standard InChI is InChI=1S/C12H15N7/c1-2-19-12(15-9-16-19)11-14-4-6-18(11)8-7-17-5-3-13-10-17/h3-6,9-10H,2,7-8H2,1H3. The molecule has 19 heavy (non-hydrogen) atoms. The van der Waals surface area contributed by atoms with Gasteiger partial charge in [-0.05, 0) is 6.92 Å². The van der Waals surface area contributed by atoms with Gasteiger partial charge in [-0.3, -0.25) is 0 Å². The third-order valence-electron chi connectivity index (χ3n) is 2.99. The molecule has 0 atom stereocenters. The van der Waals surface area contributed by atoms with Crippen LogP contribution < -0.4 is 0 Å². The topological polar surface area (TPSA) is 66.3 Å². The summed E-state index contributed by atoms with van der Waals surface area (Å²) in [6, 6.07) is 0. The van der Waals surface area contributed by atoms with E-state index in [2.05, 4.69) is 24.6 Å². The fourth-order valence-corrected chi connectivity index (χ4v) is 2.01. The van der Waals surface area contributed by atoms with E-state index in [4.69, 9.17) is 0 Å². The van der Waals surface area contributed by atoms with Gasteiger partial charge in [0.05, 0.1) is 6.33 Å². The Balaban J connectivity index is 1.82. The van der Waals surface area contributed by atoms with Crippen molar-refractivity contribution in [2.45, 2.75) is 26.6 Å². The number of hydrogen-bond acceptors (Lipinski definition) is 4. The van der Waals surface area contributed by atoms with Gasteiger partial charge in [-0.25, -0.2) is 19.6 Å². The number of hydrogen-bond donors (Lipinski definition) is 0. The highest BCUT2D eigenvalue weighted by atomic mass is 15.3. The van der Waals surface area contributed by atoms with Crippen molar-refractivity contribution in [3.63, 3.8) is 0 Å². The molecule has 3 aromatic heterocycles. The molecule has 7 heteroatoms. The highest BCUT2D eigenvalue weighted by molar-refractivity contribution is 5.43. The Morgan fingerprint density at radius 2 is 2.00 bits per heavy atom. The molecule has 0 aromatic carbocycles. The first-order chi connectivity index (χ1) is 9.38. The summed E-state index contributed by atoms with van der Waals surface area (Å²) in [5, 5.41) is 4.18. The van der Waals surface area contributed by atoms with Gasteiger partial charge in [0.2, 0.25) is 0 Å². The summed E-state index contributed by atoms with van der Waals surface area (Å²) < 4.78 is 5.96. The smallest absolute Gasteiger partial charge is 0.194 e. The van der Waals surface area contributed by atoms with Gasteiger partial charge in [0.15, 0.2) is 11.6 Å². The predicted octanol–water partition coefficient (Wildman–Crippen LogP) is 1.06. The molecule has 98 valence electrons. The zero-order valence-corrected chi connectivity index (χ0v) is 10.7. The Labute approximate surface area is 110 Å². The molecule has 0 saturated carbocycles. The monoisotopic (exact) mass is 257 g/mol. The highest BCUT2D eigenvalue weighted by Gasteiger charge is 2.12. The molecule has 0 spiro atoms. The van der Waals surface area contributed by atoms with Crippen molar-refractivity contribution in [3.8, 4) is 11.6 Å². The fourth-order valence-electron chi connectivity index (χ4n) is 2.01. The SMILES string of the molecule is CCn1ncnc1-c1nccn1CCn1ccnc1. The maximum atomic E-state index is 4.38. The third-order valence-corrected chi connectivity index (χ3v) is 2.99. The van der Waals surface area contributed by atoms with Crippen molar-refractivity contribution in [1.29, 1.82) is 0 Å². The van der Waals surface area contributed by atoms with Crippen molar-refractivity contribution in [2.75, 3.05) is 0 Å². The first-order valence-electron chi connectivity index (χ1n) is 6.23. The number of aromatic nitrogens is 7. The van der Waals surface area contributed by atoms with Crippen molar-refractivity contribution >= 4 is 0 Å². The van der Waals surface area contributed by atoms with Crippen LogP contribution in [0.1, 0.15) is 6.92 Å². The summed E-state index contributed by atoms with van der Waals surface area (Å²) in [5.74, 6) is 1.65. The zero-order chi connectivity index (χ0) is 13.1. The maximum Gasteiger partial charge on any atom is 0.194 e. The van der Waals surface area contributed by atoms with Crippen LogP contribution in [0.15, 0.2) is 37.4 Å². The summed E-state index contributed by atoms with van der Waals surface area (Å²) in [6.45, 7) is 4.49. The van der Waals surface area contributed by atoms with Crippen LogP contribution in [0.4, 0.5) is 0 Å². The van der Waals surface area contributed by atoms with Gasteiger partial charge in [-0.2, -0.15) is 5.10 Å². The molecule has 0 aliphatic carbocycles. The number of rotatable bonds is 5. The lowest BCUT2D eigenvalue weighted by molar-refractivity contribution is 0.576. The van der Waals surface area contributed by atoms with Crippen LogP contribution in [0.2, 0.25) is 0 Å². The first-order valence-corrected chi connectivity index (χ1v) is 6.23. The van der Waals surface area contributed by atoms with E-state index in [9.17, 15) is 0 Å². The molecular formula is C12H15N7. The van der Waals surface area contributed by atoms with E-state index in [-0.39, 0.29) is 0 Å². The Bertz CT molecular complexity index is 635. The van der Waals surface area contributed by atoms with E-state index in [0.717, 1.165) is 31.3 Å². The largest absolute Gasteiger partial charge is 0.336 e. The van der Waals surface area contributed by atoms with E-state index >= 15 is 0 Å². The van der Waals surface area contributed by atoms with Crippen LogP contribution in [0.25, 0.3) is 11.6 Å². The van der Waals surface area contributed by atoms with Crippen LogP contribution in [0.5, 0.6) is 0 Å². The Morgan fingerprint density at radius 3 is 2.79 bits per heavy atom. The number of nitrogens with zero attached hydrogens (tertiary/aromatic N) is 7. The Hall–Kier alpha value is -2.44. The van der Waals surface area contributed by atoms with E-state index in [0.29, 0.717) is 0 Å². The van der Waals surface area contributed by atoms with Gasteiger partial charge in [-0.1, -0.05) is 0 Å². The minimum Gasteiger partial charge on any atom is -0.336 e. The Kier molecular flexibility index (Phi) is 3.09. The molecule has 3 heterocycles. The van der Waals surface area contributed by atoms with Crippen molar-refractivity contribution in [1.82, 2.24) is 33.9 Å². The average Bonchev–Trinajstić information content (AvgIpc) is 3.16. The third kappa shape index (κ3) is 2.26. The molecule has 3 rings (SSSR count). The van der Waals surface area contributed by atoms with E-state index < -0.39 is 0 Å². The van der Waals surface area contributed by atoms with Crippen molar-refractivity contribution < 1.29 is 0 Å². The molecule has 0 radical (unpaired) electrons. The molecule has 0 fully saturated rings. The van der Waals surface area contributed by atoms with Gasteiger partial charge in [0, 0.05) is 44.4 Å². The van der Waals surface area contributed by atoms with Gasteiger partial charge >= 0.3 is 0 Å². The molecule has 0 amide bonds. The molecular weight excluding hydrogens is 242 g/mol. The van der Waals surface area contributed by atoms with Crippen LogP contribution in [-0.2, 0) is 19.6 Å². The van der Waals surface area contributed by atoms with Gasteiger partial charge < -0.3 is 9.13 Å². The van der Waals surface area contributed by atoms with Crippen LogP contribution in [0, 0.1) is 0 Å². The molecule has 0 aliphatic rings. The second-order valence-electron chi connectivity index (χ2n) is 4.14. The summed E-state index contributed by atoms with van der Waals surface area (Å²) in [7, 11) is 0. The van der Waals surface area contributed by atoms with Gasteiger partial charge in [0.25, 0.3) is 0 Å². The van der Waals surface area contributed by atoms with Crippen LogP contribution >= 0.6 is 0 Å². The lowest BCUT2D eigenvalue weighted by Crippen LogP contribution is -2.09. The molecule has 0 saturated heterocycles. The second kappa shape index (κ2) is 5.05. The minimum atomic E-state index is 0.781. The normalized spacial score (nSPS) is 11.0. The molecule has 0 N–H and O–H groups in total. The molecule has 0 bridgehead atoms. The summed E-state index contributed by atoms with van der Waals surface area (Å²) >= 11 is 0. The zero-order valence-electron chi connectivity index (χ0n) is 10.7. The minimum absolute atomic E-state index is 0.781. The molecule has 0 aliphatic heterocycles. The second-order valence-corrected chi connectivity index (χ2v) is 4.14. The summed E-state index contributed by atoms with van der Waals surface area (Å²) in [4.78, 5) is 12.7. The quantitative estimate of drug-likeness (QED) is 0.685. The predicted molar refractivity (Wildman–Crippen MR) is 69.1 cm³/mol. The maximum absolute atomic E-state index is 4.38.